The molecule has 0 aliphatic rings. The molecule has 220 valence electrons. The monoisotopic (exact) mass is 552 g/mol. The van der Waals surface area contributed by atoms with Crippen molar-refractivity contribution in [3.8, 4) is 16.9 Å². The average Bonchev–Trinajstić information content (AvgIpc) is 2.93. The molecule has 0 saturated carbocycles. The molecular formula is C33H48N2O5. The Labute approximate surface area is 240 Å². The number of hydrogen-bond donors (Lipinski definition) is 1. The first kappa shape index (κ1) is 33.0. The SMILES string of the molecule is CC[C@@H](C)C(=O)C(C)(C)N(C)c1ccc(-c2ccc(OCCCCOCC(=O)NC(C=O)C(C)(C)C)cc2)cc1. The summed E-state index contributed by atoms with van der Waals surface area (Å²) in [7, 11) is 1.97. The van der Waals surface area contributed by atoms with Crippen LogP contribution in [0.1, 0.15) is 67.7 Å². The van der Waals surface area contributed by atoms with Crippen molar-refractivity contribution < 1.29 is 23.9 Å². The molecule has 1 amide bonds. The predicted octanol–water partition coefficient (Wildman–Crippen LogP) is 6.09. The van der Waals surface area contributed by atoms with Gasteiger partial charge < -0.3 is 24.5 Å². The second-order valence-corrected chi connectivity index (χ2v) is 12.0. The van der Waals surface area contributed by atoms with Gasteiger partial charge in [0.2, 0.25) is 5.91 Å². The van der Waals surface area contributed by atoms with Crippen LogP contribution in [-0.4, -0.2) is 56.4 Å². The highest BCUT2D eigenvalue weighted by atomic mass is 16.5. The summed E-state index contributed by atoms with van der Waals surface area (Å²) in [4.78, 5) is 38.1. The molecule has 0 aliphatic heterocycles. The van der Waals surface area contributed by atoms with Crippen LogP contribution in [0.15, 0.2) is 48.5 Å². The van der Waals surface area contributed by atoms with Gasteiger partial charge in [0.05, 0.1) is 18.2 Å². The Hall–Kier alpha value is -3.19. The van der Waals surface area contributed by atoms with Gasteiger partial charge in [0.15, 0.2) is 5.78 Å². The van der Waals surface area contributed by atoms with Crippen molar-refractivity contribution in [3.63, 3.8) is 0 Å². The number of nitrogens with one attached hydrogen (secondary N) is 1. The van der Waals surface area contributed by atoms with Crippen LogP contribution in [0.3, 0.4) is 0 Å². The Bertz CT molecular complexity index is 1090. The first-order valence-corrected chi connectivity index (χ1v) is 14.2. The molecular weight excluding hydrogens is 504 g/mol. The third-order valence-electron chi connectivity index (χ3n) is 7.51. The van der Waals surface area contributed by atoms with Crippen LogP contribution in [-0.2, 0) is 19.1 Å². The van der Waals surface area contributed by atoms with Crippen molar-refractivity contribution in [2.75, 3.05) is 31.8 Å². The maximum atomic E-state index is 12.9. The van der Waals surface area contributed by atoms with Gasteiger partial charge in [-0.05, 0) is 73.9 Å². The molecule has 1 N–H and O–H groups in total. The van der Waals surface area contributed by atoms with Gasteiger partial charge in [-0.15, -0.1) is 0 Å². The van der Waals surface area contributed by atoms with Gasteiger partial charge >= 0.3 is 0 Å². The van der Waals surface area contributed by atoms with E-state index in [1.807, 2.05) is 79.8 Å². The maximum Gasteiger partial charge on any atom is 0.246 e. The molecule has 0 saturated heterocycles. The molecule has 0 radical (unpaired) electrons. The number of carbonyl (C=O) groups excluding carboxylic acids is 3. The summed E-state index contributed by atoms with van der Waals surface area (Å²) < 4.78 is 11.3. The number of Topliss-reactive ketones (excluding diaryl/α,β-unsaturated/α-hetero) is 1. The number of amides is 1. The van der Waals surface area contributed by atoms with Crippen LogP contribution in [0.4, 0.5) is 5.69 Å². The highest BCUT2D eigenvalue weighted by molar-refractivity contribution is 5.92. The maximum absolute atomic E-state index is 12.9. The fraction of sp³-hybridized carbons (Fsp3) is 0.545. The van der Waals surface area contributed by atoms with Crippen LogP contribution < -0.4 is 15.0 Å². The van der Waals surface area contributed by atoms with Crippen molar-refractivity contribution in [1.29, 1.82) is 0 Å². The fourth-order valence-electron chi connectivity index (χ4n) is 4.23. The lowest BCUT2D eigenvalue weighted by atomic mass is 9.87. The third kappa shape index (κ3) is 9.47. The largest absolute Gasteiger partial charge is 0.494 e. The Morgan fingerprint density at radius 1 is 0.925 bits per heavy atom. The van der Waals surface area contributed by atoms with E-state index in [1.165, 1.54) is 0 Å². The minimum Gasteiger partial charge on any atom is -0.494 e. The van der Waals surface area contributed by atoms with Crippen LogP contribution in [0.2, 0.25) is 0 Å². The number of carbonyl (C=O) groups is 3. The van der Waals surface area contributed by atoms with E-state index in [4.69, 9.17) is 9.47 Å². The standard InChI is InChI=1S/C33H48N2O5/c1-9-24(2)31(38)33(6,7)35(8)27-16-12-25(13-17-27)26-14-18-28(19-15-26)40-21-11-10-20-39-23-30(37)34-29(22-36)32(3,4)5/h12-19,22,24,29H,9-11,20-21,23H2,1-8H3,(H,34,37)/t24-,29?/m1/s1. The average molecular weight is 553 g/mol. The van der Waals surface area contributed by atoms with Gasteiger partial charge in [-0.2, -0.15) is 0 Å². The van der Waals surface area contributed by atoms with E-state index in [2.05, 4.69) is 34.5 Å². The summed E-state index contributed by atoms with van der Waals surface area (Å²) in [6.07, 6.45) is 3.17. The number of likely N-dealkylation sites (N-methyl/N-ethyl adjacent to an activating group) is 1. The van der Waals surface area contributed by atoms with Gasteiger partial charge in [0.1, 0.15) is 18.6 Å². The molecule has 2 aromatic carbocycles. The van der Waals surface area contributed by atoms with E-state index < -0.39 is 11.6 Å². The van der Waals surface area contributed by atoms with E-state index in [0.717, 1.165) is 48.1 Å². The van der Waals surface area contributed by atoms with E-state index in [0.29, 0.717) is 13.2 Å². The minimum atomic E-state index is -0.580. The smallest absolute Gasteiger partial charge is 0.246 e. The Morgan fingerprint density at radius 2 is 1.48 bits per heavy atom. The molecule has 40 heavy (non-hydrogen) atoms. The molecule has 0 fully saturated rings. The number of unbranched alkanes of at least 4 members (excludes halogenated alkanes) is 1. The summed E-state index contributed by atoms with van der Waals surface area (Å²) in [5.74, 6) is 0.788. The number of aldehydes is 1. The molecule has 2 aromatic rings. The Morgan fingerprint density at radius 3 is 2.00 bits per heavy atom. The van der Waals surface area contributed by atoms with Crippen molar-refractivity contribution in [1.82, 2.24) is 5.32 Å². The van der Waals surface area contributed by atoms with Crippen LogP contribution in [0.25, 0.3) is 11.1 Å². The zero-order valence-electron chi connectivity index (χ0n) is 25.6. The third-order valence-corrected chi connectivity index (χ3v) is 7.51. The second-order valence-electron chi connectivity index (χ2n) is 12.0. The van der Waals surface area contributed by atoms with Gasteiger partial charge in [-0.3, -0.25) is 9.59 Å². The summed E-state index contributed by atoms with van der Waals surface area (Å²) in [6, 6.07) is 15.7. The molecule has 1 unspecified atom stereocenters. The molecule has 7 heteroatoms. The van der Waals surface area contributed by atoms with E-state index >= 15 is 0 Å². The number of hydrogen-bond acceptors (Lipinski definition) is 6. The van der Waals surface area contributed by atoms with Crippen molar-refractivity contribution >= 4 is 23.7 Å². The molecule has 7 nitrogen and oxygen atoms in total. The highest BCUT2D eigenvalue weighted by Gasteiger charge is 2.34. The van der Waals surface area contributed by atoms with Gasteiger partial charge in [-0.25, -0.2) is 0 Å². The minimum absolute atomic E-state index is 0.0285. The van der Waals surface area contributed by atoms with Crippen LogP contribution >= 0.6 is 0 Å². The van der Waals surface area contributed by atoms with Crippen molar-refractivity contribution in [2.45, 2.75) is 79.3 Å². The summed E-state index contributed by atoms with van der Waals surface area (Å²) in [5, 5.41) is 2.70. The van der Waals surface area contributed by atoms with E-state index in [1.54, 1.807) is 0 Å². The number of rotatable bonds is 16. The van der Waals surface area contributed by atoms with Crippen LogP contribution in [0, 0.1) is 11.3 Å². The van der Waals surface area contributed by atoms with E-state index in [-0.39, 0.29) is 29.6 Å². The fourth-order valence-corrected chi connectivity index (χ4v) is 4.23. The number of nitrogens with zero attached hydrogens (tertiary/aromatic N) is 1. The van der Waals surface area contributed by atoms with Gasteiger partial charge in [-0.1, -0.05) is 58.9 Å². The number of anilines is 1. The lowest BCUT2D eigenvalue weighted by Crippen LogP contribution is -2.50. The molecule has 2 rings (SSSR count). The lowest BCUT2D eigenvalue weighted by Gasteiger charge is -2.37. The van der Waals surface area contributed by atoms with E-state index in [9.17, 15) is 14.4 Å². The Balaban J connectivity index is 1.76. The Kier molecular flexibility index (Phi) is 12.4. The first-order chi connectivity index (χ1) is 18.8. The molecule has 2 atom stereocenters. The number of ether oxygens (including phenoxy) is 2. The number of ketones is 1. The zero-order chi connectivity index (χ0) is 29.9. The van der Waals surface area contributed by atoms with Gasteiger partial charge in [0, 0.05) is 25.3 Å². The molecule has 0 aromatic heterocycles. The second kappa shape index (κ2) is 15.0. The predicted molar refractivity (Wildman–Crippen MR) is 162 cm³/mol. The molecule has 0 bridgehead atoms. The van der Waals surface area contributed by atoms with Gasteiger partial charge in [0.25, 0.3) is 0 Å². The molecule has 0 heterocycles. The summed E-state index contributed by atoms with van der Waals surface area (Å²) >= 11 is 0. The topological polar surface area (TPSA) is 84.9 Å². The normalized spacial score (nSPS) is 13.3. The molecule has 0 aliphatic carbocycles. The first-order valence-electron chi connectivity index (χ1n) is 14.2. The van der Waals surface area contributed by atoms with Crippen molar-refractivity contribution in [3.05, 3.63) is 48.5 Å². The molecule has 0 spiro atoms. The van der Waals surface area contributed by atoms with Crippen molar-refractivity contribution in [2.24, 2.45) is 11.3 Å². The zero-order valence-corrected chi connectivity index (χ0v) is 25.6. The quantitative estimate of drug-likeness (QED) is 0.200. The lowest BCUT2D eigenvalue weighted by molar-refractivity contribution is -0.129. The number of benzene rings is 2. The highest BCUT2D eigenvalue weighted by Crippen LogP contribution is 2.29. The summed E-state index contributed by atoms with van der Waals surface area (Å²) in [6.45, 7) is 14.7. The summed E-state index contributed by atoms with van der Waals surface area (Å²) in [5.41, 5.74) is 2.28. The van der Waals surface area contributed by atoms with Crippen LogP contribution in [0.5, 0.6) is 5.75 Å².